The summed E-state index contributed by atoms with van der Waals surface area (Å²) in [5.41, 5.74) is 2.11. The highest BCUT2D eigenvalue weighted by molar-refractivity contribution is 5.89. The van der Waals surface area contributed by atoms with E-state index in [-0.39, 0.29) is 17.1 Å². The zero-order valence-corrected chi connectivity index (χ0v) is 14.3. The first-order chi connectivity index (χ1) is 12.9. The molecule has 0 fully saturated rings. The number of benzene rings is 2. The minimum atomic E-state index is -1.02. The third kappa shape index (κ3) is 4.57. The third-order valence-corrected chi connectivity index (χ3v) is 3.60. The Morgan fingerprint density at radius 2 is 1.37 bits per heavy atom. The highest BCUT2D eigenvalue weighted by Crippen LogP contribution is 2.20. The highest BCUT2D eigenvalue weighted by atomic mass is 16.4. The maximum Gasteiger partial charge on any atom is 0.335 e. The van der Waals surface area contributed by atoms with Crippen LogP contribution < -0.4 is 10.6 Å². The average molecular weight is 364 g/mol. The van der Waals surface area contributed by atoms with E-state index < -0.39 is 11.9 Å². The summed E-state index contributed by atoms with van der Waals surface area (Å²) < 4.78 is 0. The second-order valence-electron chi connectivity index (χ2n) is 5.74. The molecule has 0 unspecified atom stereocenters. The number of carbonyl (C=O) groups is 2. The van der Waals surface area contributed by atoms with Crippen LogP contribution in [0, 0.1) is 6.92 Å². The molecule has 0 saturated heterocycles. The number of hydrogen-bond acceptors (Lipinski definition) is 6. The number of anilines is 4. The lowest BCUT2D eigenvalue weighted by molar-refractivity contribution is 0.0686. The Morgan fingerprint density at radius 1 is 0.815 bits per heavy atom. The topological polar surface area (TPSA) is 124 Å². The van der Waals surface area contributed by atoms with Gasteiger partial charge in [-0.05, 0) is 43.3 Å². The van der Waals surface area contributed by atoms with Gasteiger partial charge in [0.2, 0.25) is 5.95 Å². The van der Waals surface area contributed by atoms with Crippen molar-refractivity contribution in [2.45, 2.75) is 6.92 Å². The minimum absolute atomic E-state index is 0.150. The summed E-state index contributed by atoms with van der Waals surface area (Å²) in [5, 5.41) is 24.2. The molecule has 0 aliphatic carbocycles. The molecular formula is C19H16N4O4. The smallest absolute Gasteiger partial charge is 0.335 e. The van der Waals surface area contributed by atoms with Gasteiger partial charge in [0.25, 0.3) is 0 Å². The van der Waals surface area contributed by atoms with Crippen molar-refractivity contribution >= 4 is 35.1 Å². The van der Waals surface area contributed by atoms with Crippen LogP contribution in [0.3, 0.4) is 0 Å². The summed E-state index contributed by atoms with van der Waals surface area (Å²) >= 11 is 0. The Morgan fingerprint density at radius 3 is 1.93 bits per heavy atom. The molecule has 4 N–H and O–H groups in total. The predicted molar refractivity (Wildman–Crippen MR) is 100 cm³/mol. The molecular weight excluding hydrogens is 348 g/mol. The molecule has 0 amide bonds. The quantitative estimate of drug-likeness (QED) is 0.522. The van der Waals surface area contributed by atoms with Gasteiger partial charge >= 0.3 is 11.9 Å². The van der Waals surface area contributed by atoms with Crippen LogP contribution in [-0.2, 0) is 0 Å². The van der Waals surface area contributed by atoms with Crippen molar-refractivity contribution in [1.29, 1.82) is 0 Å². The monoisotopic (exact) mass is 364 g/mol. The fraction of sp³-hybridized carbons (Fsp3) is 0.0526. The Bertz CT molecular complexity index is 942. The van der Waals surface area contributed by atoms with Crippen LogP contribution in [0.5, 0.6) is 0 Å². The first kappa shape index (κ1) is 17.9. The Balaban J connectivity index is 1.84. The number of nitrogens with zero attached hydrogens (tertiary/aromatic N) is 2. The van der Waals surface area contributed by atoms with Gasteiger partial charge in [0, 0.05) is 23.1 Å². The van der Waals surface area contributed by atoms with Crippen LogP contribution in [0.4, 0.5) is 23.1 Å². The number of aryl methyl sites for hydroxylation is 1. The molecule has 0 bridgehead atoms. The molecule has 3 rings (SSSR count). The van der Waals surface area contributed by atoms with E-state index in [1.165, 1.54) is 24.3 Å². The van der Waals surface area contributed by atoms with E-state index in [2.05, 4.69) is 20.6 Å². The van der Waals surface area contributed by atoms with Crippen LogP contribution in [0.15, 0.2) is 54.6 Å². The SMILES string of the molecule is Cc1cc(Nc2cccc(C(=O)O)c2)nc(Nc2cccc(C(=O)O)c2)n1. The molecule has 0 aliphatic heterocycles. The van der Waals surface area contributed by atoms with Gasteiger partial charge < -0.3 is 20.8 Å². The molecule has 1 aromatic heterocycles. The Hall–Kier alpha value is -3.94. The Kier molecular flexibility index (Phi) is 4.98. The summed E-state index contributed by atoms with van der Waals surface area (Å²) in [5.74, 6) is -1.28. The lowest BCUT2D eigenvalue weighted by atomic mass is 10.2. The van der Waals surface area contributed by atoms with Crippen molar-refractivity contribution < 1.29 is 19.8 Å². The second kappa shape index (κ2) is 7.52. The summed E-state index contributed by atoms with van der Waals surface area (Å²) in [7, 11) is 0. The maximum absolute atomic E-state index is 11.1. The van der Waals surface area contributed by atoms with E-state index in [0.717, 1.165) is 0 Å². The van der Waals surface area contributed by atoms with Crippen molar-refractivity contribution in [2.75, 3.05) is 10.6 Å². The van der Waals surface area contributed by atoms with Gasteiger partial charge in [0.15, 0.2) is 0 Å². The molecule has 0 saturated carbocycles. The fourth-order valence-corrected chi connectivity index (χ4v) is 2.43. The van der Waals surface area contributed by atoms with Gasteiger partial charge in [-0.2, -0.15) is 4.98 Å². The number of carboxylic acid groups (broad SMARTS) is 2. The standard InChI is InChI=1S/C19H16N4O4/c1-11-8-16(21-14-6-2-4-12(9-14)17(24)25)23-19(20-11)22-15-7-3-5-13(10-15)18(26)27/h2-10H,1H3,(H,24,25)(H,26,27)(H2,20,21,22,23). The molecule has 1 heterocycles. The summed E-state index contributed by atoms with van der Waals surface area (Å²) in [6, 6.07) is 14.4. The largest absolute Gasteiger partial charge is 0.478 e. The molecule has 136 valence electrons. The molecule has 0 atom stereocenters. The number of aromatic nitrogens is 2. The van der Waals surface area contributed by atoms with Crippen molar-refractivity contribution in [3.63, 3.8) is 0 Å². The van der Waals surface area contributed by atoms with Crippen molar-refractivity contribution in [3.8, 4) is 0 Å². The molecule has 2 aromatic carbocycles. The number of carboxylic acids is 2. The molecule has 0 radical (unpaired) electrons. The number of nitrogens with one attached hydrogen (secondary N) is 2. The molecule has 3 aromatic rings. The minimum Gasteiger partial charge on any atom is -0.478 e. The molecule has 0 aliphatic rings. The normalized spacial score (nSPS) is 10.3. The number of rotatable bonds is 6. The van der Waals surface area contributed by atoms with Crippen LogP contribution in [-0.4, -0.2) is 32.1 Å². The summed E-state index contributed by atoms with van der Waals surface area (Å²) in [6.07, 6.45) is 0. The van der Waals surface area contributed by atoms with Crippen LogP contribution >= 0.6 is 0 Å². The molecule has 8 nitrogen and oxygen atoms in total. The van der Waals surface area contributed by atoms with Crippen molar-refractivity contribution in [1.82, 2.24) is 9.97 Å². The van der Waals surface area contributed by atoms with E-state index in [9.17, 15) is 9.59 Å². The zero-order chi connectivity index (χ0) is 19.4. The molecule has 0 spiro atoms. The van der Waals surface area contributed by atoms with Gasteiger partial charge in [-0.1, -0.05) is 12.1 Å². The Labute approximate surface area is 154 Å². The van der Waals surface area contributed by atoms with Gasteiger partial charge in [0.1, 0.15) is 5.82 Å². The van der Waals surface area contributed by atoms with Gasteiger partial charge in [-0.25, -0.2) is 14.6 Å². The molecule has 27 heavy (non-hydrogen) atoms. The predicted octanol–water partition coefficient (Wildman–Crippen LogP) is 3.67. The van der Waals surface area contributed by atoms with Crippen LogP contribution in [0.2, 0.25) is 0 Å². The zero-order valence-electron chi connectivity index (χ0n) is 14.3. The van der Waals surface area contributed by atoms with Crippen molar-refractivity contribution in [3.05, 3.63) is 71.4 Å². The van der Waals surface area contributed by atoms with Crippen LogP contribution in [0.25, 0.3) is 0 Å². The van der Waals surface area contributed by atoms with E-state index in [4.69, 9.17) is 10.2 Å². The van der Waals surface area contributed by atoms with E-state index in [1.807, 2.05) is 0 Å². The van der Waals surface area contributed by atoms with E-state index >= 15 is 0 Å². The fourth-order valence-electron chi connectivity index (χ4n) is 2.43. The van der Waals surface area contributed by atoms with Gasteiger partial charge in [0.05, 0.1) is 11.1 Å². The van der Waals surface area contributed by atoms with Gasteiger partial charge in [-0.3, -0.25) is 0 Å². The first-order valence-corrected chi connectivity index (χ1v) is 7.97. The molecule has 8 heteroatoms. The lowest BCUT2D eigenvalue weighted by Gasteiger charge is -2.11. The van der Waals surface area contributed by atoms with Gasteiger partial charge in [-0.15, -0.1) is 0 Å². The first-order valence-electron chi connectivity index (χ1n) is 7.97. The number of hydrogen-bond donors (Lipinski definition) is 4. The van der Waals surface area contributed by atoms with Crippen molar-refractivity contribution in [2.24, 2.45) is 0 Å². The lowest BCUT2D eigenvalue weighted by Crippen LogP contribution is -2.04. The average Bonchev–Trinajstić information content (AvgIpc) is 2.61. The highest BCUT2D eigenvalue weighted by Gasteiger charge is 2.08. The summed E-state index contributed by atoms with van der Waals surface area (Å²) in [4.78, 5) is 30.8. The second-order valence-corrected chi connectivity index (χ2v) is 5.74. The van der Waals surface area contributed by atoms with E-state index in [0.29, 0.717) is 22.9 Å². The summed E-state index contributed by atoms with van der Waals surface area (Å²) in [6.45, 7) is 1.79. The number of aromatic carboxylic acids is 2. The third-order valence-electron chi connectivity index (χ3n) is 3.60. The van der Waals surface area contributed by atoms with E-state index in [1.54, 1.807) is 37.3 Å². The maximum atomic E-state index is 11.1. The van der Waals surface area contributed by atoms with Crippen LogP contribution in [0.1, 0.15) is 26.4 Å².